The van der Waals surface area contributed by atoms with E-state index < -0.39 is 0 Å². The van der Waals surface area contributed by atoms with Gasteiger partial charge >= 0.3 is 0 Å². The fraction of sp³-hybridized carbons (Fsp3) is 0.182. The van der Waals surface area contributed by atoms with Crippen molar-refractivity contribution in [2.24, 2.45) is 0 Å². The first-order valence-corrected chi connectivity index (χ1v) is 9.38. The summed E-state index contributed by atoms with van der Waals surface area (Å²) in [5.74, 6) is 0.484. The van der Waals surface area contributed by atoms with Gasteiger partial charge < -0.3 is 4.90 Å². The van der Waals surface area contributed by atoms with E-state index in [1.54, 1.807) is 23.6 Å². The summed E-state index contributed by atoms with van der Waals surface area (Å²) < 4.78 is 3.19. The van der Waals surface area contributed by atoms with Gasteiger partial charge in [0.15, 0.2) is 5.65 Å². The third kappa shape index (κ3) is 3.54. The number of benzene rings is 2. The molecule has 146 valence electrons. The van der Waals surface area contributed by atoms with Gasteiger partial charge in [0, 0.05) is 25.7 Å². The number of para-hydroxylation sites is 2. The van der Waals surface area contributed by atoms with E-state index in [2.05, 4.69) is 10.1 Å². The standard InChI is InChI=1S/C22H21N5O2/c1-16-24-21-19(15-23-27(21)18-11-7-4-8-12-18)22(29)26(16)14-13-20(28)25(2)17-9-5-3-6-10-17/h3-12,15H,13-14H2,1-2H3. The predicted octanol–water partition coefficient (Wildman–Crippen LogP) is 2.94. The van der Waals surface area contributed by atoms with Gasteiger partial charge in [0.1, 0.15) is 11.2 Å². The van der Waals surface area contributed by atoms with Crippen molar-refractivity contribution in [3.63, 3.8) is 0 Å². The smallest absolute Gasteiger partial charge is 0.264 e. The van der Waals surface area contributed by atoms with Gasteiger partial charge in [-0.25, -0.2) is 9.67 Å². The Balaban J connectivity index is 1.60. The van der Waals surface area contributed by atoms with Crippen molar-refractivity contribution in [1.82, 2.24) is 19.3 Å². The number of hydrogen-bond donors (Lipinski definition) is 0. The lowest BCUT2D eigenvalue weighted by Crippen LogP contribution is -2.30. The first-order chi connectivity index (χ1) is 14.1. The minimum atomic E-state index is -0.190. The third-order valence-electron chi connectivity index (χ3n) is 4.95. The van der Waals surface area contributed by atoms with Gasteiger partial charge in [-0.3, -0.25) is 14.2 Å². The average Bonchev–Trinajstić information content (AvgIpc) is 3.18. The van der Waals surface area contributed by atoms with Crippen LogP contribution in [0.1, 0.15) is 12.2 Å². The number of aromatic nitrogens is 4. The Bertz CT molecular complexity index is 1210. The summed E-state index contributed by atoms with van der Waals surface area (Å²) in [6.07, 6.45) is 1.73. The van der Waals surface area contributed by atoms with Crippen molar-refractivity contribution >= 4 is 22.6 Å². The lowest BCUT2D eigenvalue weighted by Gasteiger charge is -2.18. The molecule has 0 saturated heterocycles. The number of carbonyl (C=O) groups is 1. The monoisotopic (exact) mass is 387 g/mol. The number of nitrogens with zero attached hydrogens (tertiary/aromatic N) is 5. The molecule has 0 aliphatic heterocycles. The highest BCUT2D eigenvalue weighted by Gasteiger charge is 2.16. The van der Waals surface area contributed by atoms with E-state index in [0.29, 0.717) is 16.9 Å². The molecule has 7 heteroatoms. The first kappa shape index (κ1) is 18.6. The number of rotatable bonds is 5. The maximum absolute atomic E-state index is 13.0. The first-order valence-electron chi connectivity index (χ1n) is 9.38. The van der Waals surface area contributed by atoms with Crippen molar-refractivity contribution in [3.8, 4) is 5.69 Å². The molecule has 2 aromatic heterocycles. The summed E-state index contributed by atoms with van der Waals surface area (Å²) in [5.41, 5.74) is 1.98. The zero-order valence-corrected chi connectivity index (χ0v) is 16.3. The average molecular weight is 387 g/mol. The summed E-state index contributed by atoms with van der Waals surface area (Å²) in [6, 6.07) is 19.0. The molecule has 0 radical (unpaired) electrons. The number of aryl methyl sites for hydroxylation is 1. The molecule has 0 N–H and O–H groups in total. The van der Waals surface area contributed by atoms with Crippen molar-refractivity contribution in [2.45, 2.75) is 19.9 Å². The molecule has 0 unspecified atom stereocenters. The molecule has 0 bridgehead atoms. The summed E-state index contributed by atoms with van der Waals surface area (Å²) >= 11 is 0. The quantitative estimate of drug-likeness (QED) is 0.528. The van der Waals surface area contributed by atoms with Crippen molar-refractivity contribution < 1.29 is 4.79 Å². The maximum atomic E-state index is 13.0. The molecule has 2 aromatic carbocycles. The van der Waals surface area contributed by atoms with Crippen LogP contribution in [0.25, 0.3) is 16.7 Å². The van der Waals surface area contributed by atoms with E-state index >= 15 is 0 Å². The molecular weight excluding hydrogens is 366 g/mol. The molecule has 0 spiro atoms. The second-order valence-corrected chi connectivity index (χ2v) is 6.78. The Hall–Kier alpha value is -3.74. The van der Waals surface area contributed by atoms with Gasteiger partial charge in [0.2, 0.25) is 5.91 Å². The minimum absolute atomic E-state index is 0.0671. The van der Waals surface area contributed by atoms with Crippen LogP contribution in [0.2, 0.25) is 0 Å². The predicted molar refractivity (Wildman–Crippen MR) is 112 cm³/mol. The Morgan fingerprint density at radius 3 is 2.38 bits per heavy atom. The lowest BCUT2D eigenvalue weighted by atomic mass is 10.2. The van der Waals surface area contributed by atoms with Gasteiger partial charge in [0.25, 0.3) is 5.56 Å². The second-order valence-electron chi connectivity index (χ2n) is 6.78. The van der Waals surface area contributed by atoms with Crippen LogP contribution in [0.5, 0.6) is 0 Å². The summed E-state index contributed by atoms with van der Waals surface area (Å²) in [6.45, 7) is 2.04. The van der Waals surface area contributed by atoms with Gasteiger partial charge in [-0.2, -0.15) is 5.10 Å². The van der Waals surface area contributed by atoms with Crippen LogP contribution in [-0.4, -0.2) is 32.3 Å². The van der Waals surface area contributed by atoms with E-state index in [-0.39, 0.29) is 24.4 Å². The van der Waals surface area contributed by atoms with E-state index in [1.807, 2.05) is 60.7 Å². The van der Waals surface area contributed by atoms with E-state index in [0.717, 1.165) is 11.4 Å². The van der Waals surface area contributed by atoms with Crippen LogP contribution in [0.4, 0.5) is 5.69 Å². The number of amides is 1. The maximum Gasteiger partial charge on any atom is 0.264 e. The van der Waals surface area contributed by atoms with Gasteiger partial charge in [-0.05, 0) is 31.2 Å². The van der Waals surface area contributed by atoms with Crippen LogP contribution in [0, 0.1) is 6.92 Å². The number of fused-ring (bicyclic) bond motifs is 1. The normalized spacial score (nSPS) is 11.0. The number of hydrogen-bond acceptors (Lipinski definition) is 4. The largest absolute Gasteiger partial charge is 0.315 e. The minimum Gasteiger partial charge on any atom is -0.315 e. The Kier molecular flexibility index (Phi) is 4.95. The summed E-state index contributed by atoms with van der Waals surface area (Å²) in [7, 11) is 1.73. The molecular formula is C22H21N5O2. The van der Waals surface area contributed by atoms with Gasteiger partial charge in [-0.15, -0.1) is 0 Å². The van der Waals surface area contributed by atoms with Crippen molar-refractivity contribution in [2.75, 3.05) is 11.9 Å². The summed E-state index contributed by atoms with van der Waals surface area (Å²) in [5, 5.41) is 4.77. The molecule has 4 aromatic rings. The highest BCUT2D eigenvalue weighted by atomic mass is 16.2. The van der Waals surface area contributed by atoms with E-state index in [9.17, 15) is 9.59 Å². The van der Waals surface area contributed by atoms with Gasteiger partial charge in [0.05, 0.1) is 11.9 Å². The molecule has 0 aliphatic rings. The molecule has 7 nitrogen and oxygen atoms in total. The molecule has 0 atom stereocenters. The highest BCUT2D eigenvalue weighted by molar-refractivity contribution is 5.92. The molecule has 0 saturated carbocycles. The topological polar surface area (TPSA) is 73.0 Å². The van der Waals surface area contributed by atoms with Crippen LogP contribution in [-0.2, 0) is 11.3 Å². The third-order valence-corrected chi connectivity index (χ3v) is 4.95. The fourth-order valence-corrected chi connectivity index (χ4v) is 3.30. The zero-order valence-electron chi connectivity index (χ0n) is 16.3. The fourth-order valence-electron chi connectivity index (χ4n) is 3.30. The Labute approximate surface area is 167 Å². The van der Waals surface area contributed by atoms with Crippen LogP contribution >= 0.6 is 0 Å². The van der Waals surface area contributed by atoms with Crippen LogP contribution in [0.3, 0.4) is 0 Å². The summed E-state index contributed by atoms with van der Waals surface area (Å²) in [4.78, 5) is 31.7. The highest BCUT2D eigenvalue weighted by Crippen LogP contribution is 2.15. The van der Waals surface area contributed by atoms with E-state index in [4.69, 9.17) is 0 Å². The Morgan fingerprint density at radius 1 is 1.03 bits per heavy atom. The molecule has 2 heterocycles. The van der Waals surface area contributed by atoms with E-state index in [1.165, 1.54) is 10.8 Å². The zero-order chi connectivity index (χ0) is 20.4. The molecule has 0 fully saturated rings. The Morgan fingerprint density at radius 2 is 1.69 bits per heavy atom. The van der Waals surface area contributed by atoms with Crippen molar-refractivity contribution in [3.05, 3.63) is 83.0 Å². The lowest BCUT2D eigenvalue weighted by molar-refractivity contribution is -0.118. The van der Waals surface area contributed by atoms with Gasteiger partial charge in [-0.1, -0.05) is 36.4 Å². The van der Waals surface area contributed by atoms with Crippen LogP contribution < -0.4 is 10.5 Å². The SMILES string of the molecule is Cc1nc2c(cnn2-c2ccccc2)c(=O)n1CCC(=O)N(C)c1ccccc1. The second kappa shape index (κ2) is 7.71. The van der Waals surface area contributed by atoms with Crippen molar-refractivity contribution in [1.29, 1.82) is 0 Å². The number of carbonyl (C=O) groups excluding carboxylic acids is 1. The molecule has 4 rings (SSSR count). The van der Waals surface area contributed by atoms with Crippen LogP contribution in [0.15, 0.2) is 71.7 Å². The number of anilines is 1. The molecule has 29 heavy (non-hydrogen) atoms. The molecule has 1 amide bonds. The molecule has 0 aliphatic carbocycles.